The summed E-state index contributed by atoms with van der Waals surface area (Å²) in [6.45, 7) is 13.8. The van der Waals surface area contributed by atoms with E-state index >= 15 is 0 Å². The topological polar surface area (TPSA) is 113 Å². The van der Waals surface area contributed by atoms with E-state index < -0.39 is 0 Å². The van der Waals surface area contributed by atoms with Crippen molar-refractivity contribution in [2.75, 3.05) is 7.11 Å². The van der Waals surface area contributed by atoms with Crippen LogP contribution in [-0.2, 0) is 14.3 Å². The van der Waals surface area contributed by atoms with Gasteiger partial charge in [-0.25, -0.2) is 15.0 Å². The number of Topliss-reactive ketones (excluding diaryl/α,β-unsaturated/α-hetero) is 1. The number of aliphatic hydroxyl groups is 1. The lowest BCUT2D eigenvalue weighted by Crippen LogP contribution is -2.16. The second kappa shape index (κ2) is 10.6. The minimum Gasteiger partial charge on any atom is -0.511 e. The lowest BCUT2D eigenvalue weighted by Gasteiger charge is -2.17. The number of aliphatic hydroxyl groups excluding tert-OH is 1. The molecule has 0 radical (unpaired) electrons. The number of aliphatic imine (C=N–C) groups is 3. The van der Waals surface area contributed by atoms with Gasteiger partial charge in [-0.05, 0) is 68.6 Å². The third kappa shape index (κ3) is 4.47. The summed E-state index contributed by atoms with van der Waals surface area (Å²) in [6.07, 6.45) is 9.50. The van der Waals surface area contributed by atoms with Crippen molar-refractivity contribution < 1.29 is 19.4 Å². The highest BCUT2D eigenvalue weighted by Gasteiger charge is 2.41. The number of fused-ring (bicyclic) bond motifs is 5. The number of ketones is 1. The van der Waals surface area contributed by atoms with E-state index in [1.807, 2.05) is 32.9 Å². The lowest BCUT2D eigenvalue weighted by molar-refractivity contribution is -0.140. The Morgan fingerprint density at radius 1 is 1.12 bits per heavy atom. The summed E-state index contributed by atoms with van der Waals surface area (Å²) in [4.78, 5) is 40.1. The highest BCUT2D eigenvalue weighted by Crippen LogP contribution is 2.46. The average Bonchev–Trinajstić information content (AvgIpc) is 3.73. The highest BCUT2D eigenvalue weighted by atomic mass is 16.5. The number of nitrogens with zero attached hydrogens (tertiary/aromatic N) is 3. The maximum absolute atomic E-state index is 13.0. The summed E-state index contributed by atoms with van der Waals surface area (Å²) in [5.74, 6) is 0.000866. The van der Waals surface area contributed by atoms with E-state index in [1.165, 1.54) is 7.11 Å². The number of hydrogen-bond donors (Lipinski definition) is 2. The molecule has 8 heteroatoms. The fourth-order valence-electron chi connectivity index (χ4n) is 6.93. The van der Waals surface area contributed by atoms with Crippen molar-refractivity contribution in [3.05, 3.63) is 104 Å². The number of methoxy groups -OCH3 is 1. The molecule has 0 aromatic carbocycles. The molecule has 6 rings (SSSR count). The molecule has 220 valence electrons. The molecular formula is C35H36N4O4. The number of carbonyl (C=O) groups excluding carboxylic acids is 2. The molecule has 8 bridgehead atoms. The van der Waals surface area contributed by atoms with E-state index in [1.54, 1.807) is 13.0 Å². The second-order valence-electron chi connectivity index (χ2n) is 11.7. The van der Waals surface area contributed by atoms with Gasteiger partial charge in [-0.15, -0.1) is 0 Å². The van der Waals surface area contributed by atoms with Crippen molar-refractivity contribution in [1.29, 1.82) is 0 Å². The van der Waals surface area contributed by atoms with Crippen LogP contribution in [-0.4, -0.2) is 41.1 Å². The predicted molar refractivity (Wildman–Crippen MR) is 168 cm³/mol. The molecule has 6 aliphatic rings. The molecule has 2 atom stereocenters. The Bertz CT molecular complexity index is 1780. The van der Waals surface area contributed by atoms with Crippen molar-refractivity contribution in [1.82, 2.24) is 5.32 Å². The van der Waals surface area contributed by atoms with Gasteiger partial charge in [0, 0.05) is 58.4 Å². The zero-order valence-corrected chi connectivity index (χ0v) is 25.5. The number of carbonyl (C=O) groups is 2. The fraction of sp³-hybridized carbons (Fsp3) is 0.343. The first kappa shape index (κ1) is 28.5. The molecule has 0 amide bonds. The molecule has 1 fully saturated rings. The largest absolute Gasteiger partial charge is 0.511 e. The number of rotatable bonds is 6. The van der Waals surface area contributed by atoms with Crippen LogP contribution in [0.1, 0.15) is 60.3 Å². The Kier molecular flexibility index (Phi) is 7.03. The van der Waals surface area contributed by atoms with Crippen molar-refractivity contribution in [3.8, 4) is 0 Å². The van der Waals surface area contributed by atoms with Crippen LogP contribution in [0.2, 0.25) is 0 Å². The zero-order chi connectivity index (χ0) is 30.7. The van der Waals surface area contributed by atoms with Crippen LogP contribution in [0.5, 0.6) is 0 Å². The van der Waals surface area contributed by atoms with Gasteiger partial charge >= 0.3 is 5.97 Å². The van der Waals surface area contributed by atoms with Crippen molar-refractivity contribution >= 4 is 28.9 Å². The van der Waals surface area contributed by atoms with Gasteiger partial charge in [-0.1, -0.05) is 26.5 Å². The van der Waals surface area contributed by atoms with Gasteiger partial charge < -0.3 is 15.2 Å². The van der Waals surface area contributed by atoms with Gasteiger partial charge in [0.2, 0.25) is 0 Å². The number of allylic oxidation sites excluding steroid dienone is 12. The fourth-order valence-corrected chi connectivity index (χ4v) is 6.93. The molecule has 1 saturated heterocycles. The molecular weight excluding hydrogens is 540 g/mol. The second-order valence-corrected chi connectivity index (χ2v) is 11.7. The molecule has 5 heterocycles. The van der Waals surface area contributed by atoms with E-state index in [9.17, 15) is 14.7 Å². The summed E-state index contributed by atoms with van der Waals surface area (Å²) >= 11 is 0. The predicted octanol–water partition coefficient (Wildman–Crippen LogP) is 6.37. The van der Waals surface area contributed by atoms with Gasteiger partial charge in [-0.3, -0.25) is 9.59 Å². The monoisotopic (exact) mass is 576 g/mol. The smallest absolute Gasteiger partial charge is 0.305 e. The maximum atomic E-state index is 13.0. The van der Waals surface area contributed by atoms with Crippen LogP contribution < -0.4 is 5.32 Å². The Hall–Kier alpha value is -4.59. The van der Waals surface area contributed by atoms with Crippen LogP contribution in [0.25, 0.3) is 0 Å². The Morgan fingerprint density at radius 3 is 2.53 bits per heavy atom. The summed E-state index contributed by atoms with van der Waals surface area (Å²) in [5, 5.41) is 14.9. The first-order chi connectivity index (χ1) is 20.6. The Balaban J connectivity index is 1.62. The van der Waals surface area contributed by atoms with Crippen molar-refractivity contribution in [2.24, 2.45) is 26.8 Å². The third-order valence-electron chi connectivity index (χ3n) is 9.27. The molecule has 2 N–H and O–H groups in total. The van der Waals surface area contributed by atoms with Gasteiger partial charge in [0.1, 0.15) is 5.76 Å². The highest BCUT2D eigenvalue weighted by molar-refractivity contribution is 6.29. The minimum atomic E-state index is -0.254. The molecule has 0 unspecified atom stereocenters. The first-order valence-corrected chi connectivity index (χ1v) is 14.8. The van der Waals surface area contributed by atoms with Gasteiger partial charge in [0.15, 0.2) is 5.78 Å². The summed E-state index contributed by atoms with van der Waals surface area (Å²) in [6, 6.07) is 0. The first-order valence-electron chi connectivity index (χ1n) is 14.8. The van der Waals surface area contributed by atoms with Crippen LogP contribution in [0.3, 0.4) is 0 Å². The number of esters is 1. The number of nitrogens with one attached hydrogen (secondary N) is 1. The van der Waals surface area contributed by atoms with Crippen molar-refractivity contribution in [3.63, 3.8) is 0 Å². The Morgan fingerprint density at radius 2 is 1.86 bits per heavy atom. The quantitative estimate of drug-likeness (QED) is 0.357. The minimum absolute atomic E-state index is 0.0110. The zero-order valence-electron chi connectivity index (χ0n) is 25.5. The van der Waals surface area contributed by atoms with E-state index in [0.717, 1.165) is 56.3 Å². The molecule has 0 aromatic rings. The molecule has 5 aliphatic heterocycles. The molecule has 0 aromatic heterocycles. The Labute approximate surface area is 251 Å². The van der Waals surface area contributed by atoms with Crippen LogP contribution >= 0.6 is 0 Å². The third-order valence-corrected chi connectivity index (χ3v) is 9.27. The van der Waals surface area contributed by atoms with E-state index in [-0.39, 0.29) is 35.8 Å². The van der Waals surface area contributed by atoms with E-state index in [4.69, 9.17) is 19.7 Å². The van der Waals surface area contributed by atoms with Crippen LogP contribution in [0.15, 0.2) is 119 Å². The van der Waals surface area contributed by atoms with Gasteiger partial charge in [0.05, 0.1) is 41.3 Å². The standard InChI is InChI=1S/C35H36N4O4/c1-8-20-16(3)24-13-25-17(4)22(10-11-31(42)43-7)34(38-25)23-12-30(41)32-18(5)26(39-35(23)32)14-28-21(9-2)33(19(6)40)29(37-28)15-27(20)36-24/h8,13-15,17,22,38,41H,1,9-12H2,2-7H3/t17-,22-/m0/s1. The average molecular weight is 577 g/mol. The summed E-state index contributed by atoms with van der Waals surface area (Å²) in [5.41, 5.74) is 12.0. The number of hydrogen-bond acceptors (Lipinski definition) is 8. The molecule has 0 saturated carbocycles. The lowest BCUT2D eigenvalue weighted by atomic mass is 9.86. The maximum Gasteiger partial charge on any atom is 0.305 e. The van der Waals surface area contributed by atoms with Crippen molar-refractivity contribution in [2.45, 2.75) is 60.3 Å². The SMILES string of the molecule is C=CC1=C(C)C2=NC1=CC1=NC(=CC3=C(C)C4=C(O)CC(=C5NC(=C2)[C@@H](C)[C@@H]5CCC(=O)OC)C4=N3)C(CC)=C1C(C)=O. The van der Waals surface area contributed by atoms with E-state index in [2.05, 4.69) is 24.9 Å². The van der Waals surface area contributed by atoms with E-state index in [0.29, 0.717) is 47.6 Å². The van der Waals surface area contributed by atoms with Crippen LogP contribution in [0.4, 0.5) is 0 Å². The van der Waals surface area contributed by atoms with Crippen LogP contribution in [0, 0.1) is 11.8 Å². The summed E-state index contributed by atoms with van der Waals surface area (Å²) < 4.78 is 4.96. The normalized spacial score (nSPS) is 24.2. The molecule has 0 spiro atoms. The summed E-state index contributed by atoms with van der Waals surface area (Å²) in [7, 11) is 1.41. The molecule has 1 aliphatic carbocycles. The van der Waals surface area contributed by atoms with Gasteiger partial charge in [-0.2, -0.15) is 0 Å². The molecule has 43 heavy (non-hydrogen) atoms. The molecule has 8 nitrogen and oxygen atoms in total. The van der Waals surface area contributed by atoms with Gasteiger partial charge in [0.25, 0.3) is 0 Å². The number of ether oxygens (including phenoxy) is 1.